The van der Waals surface area contributed by atoms with E-state index in [1.807, 2.05) is 0 Å². The number of nitrogens with zero attached hydrogens (tertiary/aromatic N) is 2. The molecule has 0 saturated carbocycles. The van der Waals surface area contributed by atoms with Crippen LogP contribution in [-0.2, 0) is 7.05 Å². The predicted octanol–water partition coefficient (Wildman–Crippen LogP) is 1.32. The summed E-state index contributed by atoms with van der Waals surface area (Å²) in [4.78, 5) is 12.5. The third-order valence-corrected chi connectivity index (χ3v) is 3.01. The maximum absolute atomic E-state index is 12.3. The number of hydrogen-bond donors (Lipinski definition) is 2. The molecule has 1 amide bonds. The van der Waals surface area contributed by atoms with Gasteiger partial charge in [0.2, 0.25) is 0 Å². The fraction of sp³-hybridized carbons (Fsp3) is 0.154. The smallest absolute Gasteiger partial charge is 0.260 e. The highest BCUT2D eigenvalue weighted by atomic mass is 32.1. The van der Waals surface area contributed by atoms with Crippen LogP contribution in [0.25, 0.3) is 0 Å². The lowest BCUT2D eigenvalue weighted by atomic mass is 10.2. The number of para-hydroxylation sites is 1. The van der Waals surface area contributed by atoms with Crippen LogP contribution < -0.4 is 15.8 Å². The molecule has 0 saturated heterocycles. The van der Waals surface area contributed by atoms with Gasteiger partial charge in [-0.05, 0) is 12.1 Å². The minimum atomic E-state index is -0.316. The summed E-state index contributed by atoms with van der Waals surface area (Å²) in [6.45, 7) is 0. The predicted molar refractivity (Wildman–Crippen MR) is 80.0 cm³/mol. The molecule has 3 N–H and O–H groups in total. The highest BCUT2D eigenvalue weighted by Crippen LogP contribution is 2.20. The Morgan fingerprint density at radius 1 is 1.40 bits per heavy atom. The Morgan fingerprint density at radius 2 is 2.10 bits per heavy atom. The van der Waals surface area contributed by atoms with Gasteiger partial charge in [-0.25, -0.2) is 0 Å². The molecule has 6 nitrogen and oxygen atoms in total. The van der Waals surface area contributed by atoms with Crippen LogP contribution in [0.15, 0.2) is 30.5 Å². The second-order valence-corrected chi connectivity index (χ2v) is 4.49. The van der Waals surface area contributed by atoms with Gasteiger partial charge in [0.1, 0.15) is 16.6 Å². The van der Waals surface area contributed by atoms with Gasteiger partial charge in [-0.1, -0.05) is 24.4 Å². The molecule has 1 aromatic heterocycles. The van der Waals surface area contributed by atoms with Crippen molar-refractivity contribution >= 4 is 28.9 Å². The molecule has 104 valence electrons. The number of rotatable bonds is 4. The first-order valence-electron chi connectivity index (χ1n) is 5.80. The van der Waals surface area contributed by atoms with Crippen LogP contribution in [0.5, 0.6) is 5.75 Å². The van der Waals surface area contributed by atoms with E-state index in [-0.39, 0.29) is 10.9 Å². The lowest BCUT2D eigenvalue weighted by Crippen LogP contribution is -2.19. The molecule has 0 radical (unpaired) electrons. The fourth-order valence-corrected chi connectivity index (χ4v) is 1.92. The highest BCUT2D eigenvalue weighted by Gasteiger charge is 2.17. The molecular weight excluding hydrogens is 276 g/mol. The number of anilines is 1. The number of amides is 1. The molecule has 0 atom stereocenters. The third-order valence-electron chi connectivity index (χ3n) is 2.79. The maximum Gasteiger partial charge on any atom is 0.260 e. The average molecular weight is 290 g/mol. The molecule has 0 spiro atoms. The summed E-state index contributed by atoms with van der Waals surface area (Å²) in [5, 5.41) is 6.78. The third kappa shape index (κ3) is 2.62. The zero-order chi connectivity index (χ0) is 14.7. The van der Waals surface area contributed by atoms with E-state index in [1.165, 1.54) is 18.0 Å². The van der Waals surface area contributed by atoms with E-state index < -0.39 is 0 Å². The van der Waals surface area contributed by atoms with E-state index in [4.69, 9.17) is 22.7 Å². The molecule has 0 fully saturated rings. The van der Waals surface area contributed by atoms with Gasteiger partial charge in [0.05, 0.1) is 24.4 Å². The van der Waals surface area contributed by atoms with Crippen molar-refractivity contribution in [3.8, 4) is 5.75 Å². The average Bonchev–Trinajstić information content (AvgIpc) is 2.80. The van der Waals surface area contributed by atoms with Crippen LogP contribution in [0.4, 0.5) is 5.82 Å². The molecule has 0 unspecified atom stereocenters. The van der Waals surface area contributed by atoms with Crippen molar-refractivity contribution in [2.24, 2.45) is 12.8 Å². The van der Waals surface area contributed by atoms with Gasteiger partial charge in [-0.3, -0.25) is 9.48 Å². The zero-order valence-corrected chi connectivity index (χ0v) is 11.9. The van der Waals surface area contributed by atoms with Crippen LogP contribution >= 0.6 is 12.2 Å². The molecule has 7 heteroatoms. The number of hydrogen-bond acceptors (Lipinski definition) is 4. The van der Waals surface area contributed by atoms with Gasteiger partial charge in [-0.2, -0.15) is 5.10 Å². The summed E-state index contributed by atoms with van der Waals surface area (Å²) in [7, 11) is 3.20. The highest BCUT2D eigenvalue weighted by molar-refractivity contribution is 7.80. The number of carbonyl (C=O) groups excluding carboxylic acids is 1. The largest absolute Gasteiger partial charge is 0.496 e. The van der Waals surface area contributed by atoms with Gasteiger partial charge in [0.25, 0.3) is 5.91 Å². The topological polar surface area (TPSA) is 82.2 Å². The van der Waals surface area contributed by atoms with Crippen molar-refractivity contribution in [2.75, 3.05) is 12.4 Å². The number of nitrogens with two attached hydrogens (primary N) is 1. The quantitative estimate of drug-likeness (QED) is 0.830. The van der Waals surface area contributed by atoms with E-state index in [0.717, 1.165) is 0 Å². The van der Waals surface area contributed by atoms with E-state index in [9.17, 15) is 4.79 Å². The standard InChI is InChI=1S/C13H14N4O2S/c1-17-12(9(7-15-17)11(14)20)16-13(18)8-5-3-4-6-10(8)19-2/h3-7H,1-2H3,(H2,14,20)(H,16,18). The number of aromatic nitrogens is 2. The summed E-state index contributed by atoms with van der Waals surface area (Å²) in [6, 6.07) is 6.94. The zero-order valence-electron chi connectivity index (χ0n) is 11.1. The van der Waals surface area contributed by atoms with Crippen molar-refractivity contribution in [1.82, 2.24) is 9.78 Å². The normalized spacial score (nSPS) is 10.1. The molecule has 1 heterocycles. The van der Waals surface area contributed by atoms with Crippen molar-refractivity contribution in [3.63, 3.8) is 0 Å². The van der Waals surface area contributed by atoms with Gasteiger partial charge < -0.3 is 15.8 Å². The van der Waals surface area contributed by atoms with Crippen LogP contribution in [0.1, 0.15) is 15.9 Å². The Hall–Kier alpha value is -2.41. The summed E-state index contributed by atoms with van der Waals surface area (Å²) < 4.78 is 6.66. The summed E-state index contributed by atoms with van der Waals surface area (Å²) >= 11 is 4.93. The fourth-order valence-electron chi connectivity index (χ4n) is 1.77. The van der Waals surface area contributed by atoms with Crippen molar-refractivity contribution in [3.05, 3.63) is 41.6 Å². The summed E-state index contributed by atoms with van der Waals surface area (Å²) in [5.74, 6) is 0.626. The van der Waals surface area contributed by atoms with Crippen LogP contribution in [0.2, 0.25) is 0 Å². The second-order valence-electron chi connectivity index (χ2n) is 4.05. The summed E-state index contributed by atoms with van der Waals surface area (Å²) in [6.07, 6.45) is 1.51. The molecule has 0 aliphatic heterocycles. The van der Waals surface area contributed by atoms with Crippen LogP contribution in [0, 0.1) is 0 Å². The number of thiocarbonyl (C=S) groups is 1. The van der Waals surface area contributed by atoms with E-state index in [2.05, 4.69) is 10.4 Å². The number of carbonyl (C=O) groups is 1. The SMILES string of the molecule is COc1ccccc1C(=O)Nc1c(C(N)=S)cnn1C. The van der Waals surface area contributed by atoms with Crippen molar-refractivity contribution < 1.29 is 9.53 Å². The lowest BCUT2D eigenvalue weighted by Gasteiger charge is -2.10. The Labute approximate surface area is 121 Å². The molecule has 20 heavy (non-hydrogen) atoms. The molecule has 2 aromatic rings. The van der Waals surface area contributed by atoms with E-state index in [0.29, 0.717) is 22.7 Å². The Balaban J connectivity index is 2.33. The van der Waals surface area contributed by atoms with Gasteiger partial charge in [-0.15, -0.1) is 0 Å². The summed E-state index contributed by atoms with van der Waals surface area (Å²) in [5.41, 5.74) is 6.54. The first kappa shape index (κ1) is 14.0. The molecule has 1 aromatic carbocycles. The van der Waals surface area contributed by atoms with Crippen molar-refractivity contribution in [1.29, 1.82) is 0 Å². The molecular formula is C13H14N4O2S. The first-order chi connectivity index (χ1) is 9.54. The molecule has 0 aliphatic carbocycles. The molecule has 0 bridgehead atoms. The molecule has 0 aliphatic rings. The van der Waals surface area contributed by atoms with Crippen molar-refractivity contribution in [2.45, 2.75) is 0 Å². The van der Waals surface area contributed by atoms with Gasteiger partial charge >= 0.3 is 0 Å². The van der Waals surface area contributed by atoms with E-state index >= 15 is 0 Å². The Bertz CT molecular complexity index is 666. The van der Waals surface area contributed by atoms with E-state index in [1.54, 1.807) is 31.3 Å². The number of aryl methyl sites for hydroxylation is 1. The van der Waals surface area contributed by atoms with Crippen LogP contribution in [0.3, 0.4) is 0 Å². The number of ether oxygens (including phenoxy) is 1. The Kier molecular flexibility index (Phi) is 3.99. The first-order valence-corrected chi connectivity index (χ1v) is 6.21. The minimum Gasteiger partial charge on any atom is -0.496 e. The lowest BCUT2D eigenvalue weighted by molar-refractivity contribution is 0.102. The minimum absolute atomic E-state index is 0.174. The Morgan fingerprint density at radius 3 is 2.75 bits per heavy atom. The monoisotopic (exact) mass is 290 g/mol. The number of methoxy groups -OCH3 is 1. The van der Waals surface area contributed by atoms with Gasteiger partial charge in [0.15, 0.2) is 0 Å². The molecule has 2 rings (SSSR count). The second kappa shape index (κ2) is 5.70. The van der Waals surface area contributed by atoms with Crippen LogP contribution in [-0.4, -0.2) is 27.8 Å². The number of nitrogens with one attached hydrogen (secondary N) is 1. The number of benzene rings is 1. The maximum atomic E-state index is 12.3. The van der Waals surface area contributed by atoms with Gasteiger partial charge in [0, 0.05) is 7.05 Å².